The van der Waals surface area contributed by atoms with E-state index in [0.29, 0.717) is 22.0 Å². The molecular weight excluding hydrogens is 420 g/mol. The highest BCUT2D eigenvalue weighted by Crippen LogP contribution is 2.27. The number of carbonyl (C=O) groups is 2. The largest absolute Gasteiger partial charge is 0.482 e. The lowest BCUT2D eigenvalue weighted by Crippen LogP contribution is -2.34. The number of rotatable bonds is 7. The van der Waals surface area contributed by atoms with E-state index in [4.69, 9.17) is 27.9 Å². The number of hydrogen-bond acceptors (Lipinski definition) is 3. The fourth-order valence-electron chi connectivity index (χ4n) is 2.09. The quantitative estimate of drug-likeness (QED) is 0.684. The van der Waals surface area contributed by atoms with Gasteiger partial charge in [0, 0.05) is 10.7 Å². The molecular formula is C18H15Cl2F3N2O3. The maximum Gasteiger partial charge on any atom is 0.405 e. The third-order valence-corrected chi connectivity index (χ3v) is 3.87. The minimum absolute atomic E-state index is 0.206. The second kappa shape index (κ2) is 9.66. The molecule has 0 bridgehead atoms. The van der Waals surface area contributed by atoms with E-state index in [-0.39, 0.29) is 18.1 Å². The summed E-state index contributed by atoms with van der Waals surface area (Å²) in [6.07, 6.45) is -4.66. The van der Waals surface area contributed by atoms with Crippen molar-refractivity contribution in [1.29, 1.82) is 0 Å². The first kappa shape index (κ1) is 21.8. The minimum atomic E-state index is -4.46. The smallest absolute Gasteiger partial charge is 0.405 e. The second-order valence-electron chi connectivity index (χ2n) is 5.68. The summed E-state index contributed by atoms with van der Waals surface area (Å²) in [5, 5.41) is 5.09. The van der Waals surface area contributed by atoms with E-state index in [1.807, 2.05) is 0 Å². The van der Waals surface area contributed by atoms with E-state index in [1.165, 1.54) is 36.4 Å². The molecule has 0 saturated carbocycles. The highest BCUT2D eigenvalue weighted by atomic mass is 35.5. The van der Waals surface area contributed by atoms with E-state index in [1.54, 1.807) is 11.4 Å². The molecule has 2 rings (SSSR count). The molecule has 0 unspecified atom stereocenters. The highest BCUT2D eigenvalue weighted by Gasteiger charge is 2.27. The maximum atomic E-state index is 12.1. The molecule has 5 nitrogen and oxygen atoms in total. The summed E-state index contributed by atoms with van der Waals surface area (Å²) in [6.45, 7) is -1.67. The van der Waals surface area contributed by atoms with Gasteiger partial charge in [-0.2, -0.15) is 13.2 Å². The summed E-state index contributed by atoms with van der Waals surface area (Å²) in [4.78, 5) is 23.4. The second-order valence-corrected chi connectivity index (χ2v) is 6.52. The Labute approximate surface area is 168 Å². The van der Waals surface area contributed by atoms with Gasteiger partial charge < -0.3 is 15.4 Å². The summed E-state index contributed by atoms with van der Waals surface area (Å²) in [7, 11) is 0. The topological polar surface area (TPSA) is 67.4 Å². The van der Waals surface area contributed by atoms with Crippen LogP contribution in [0.15, 0.2) is 42.5 Å². The predicted octanol–water partition coefficient (Wildman–Crippen LogP) is 4.23. The van der Waals surface area contributed by atoms with Crippen molar-refractivity contribution in [3.8, 4) is 5.75 Å². The first-order chi connectivity index (χ1) is 13.1. The van der Waals surface area contributed by atoms with Crippen molar-refractivity contribution in [3.05, 3.63) is 58.1 Å². The van der Waals surface area contributed by atoms with Gasteiger partial charge in [-0.1, -0.05) is 35.3 Å². The van der Waals surface area contributed by atoms with Crippen molar-refractivity contribution in [1.82, 2.24) is 5.32 Å². The molecule has 0 radical (unpaired) electrons. The van der Waals surface area contributed by atoms with E-state index in [2.05, 4.69) is 5.32 Å². The van der Waals surface area contributed by atoms with Crippen LogP contribution in [0, 0.1) is 0 Å². The van der Waals surface area contributed by atoms with Crippen LogP contribution in [-0.4, -0.2) is 31.1 Å². The van der Waals surface area contributed by atoms with Crippen LogP contribution in [0.4, 0.5) is 18.9 Å². The maximum absolute atomic E-state index is 12.1. The normalized spacial score (nSPS) is 11.0. The molecule has 10 heteroatoms. The fraction of sp³-hybridized carbons (Fsp3) is 0.222. The number of hydrogen-bond donors (Lipinski definition) is 2. The average molecular weight is 435 g/mol. The molecule has 150 valence electrons. The average Bonchev–Trinajstić information content (AvgIpc) is 2.60. The molecule has 0 aliphatic heterocycles. The standard InChI is InChI=1S/C18H15Cl2F3N2O3/c19-12-3-6-15(14(20)8-12)28-9-17(27)25-13-4-1-11(2-5-13)7-16(26)24-10-18(21,22)23/h1-6,8H,7,9-10H2,(H,24,26)(H,25,27). The van der Waals surface area contributed by atoms with E-state index >= 15 is 0 Å². The Morgan fingerprint density at radius 1 is 1.00 bits per heavy atom. The van der Waals surface area contributed by atoms with E-state index < -0.39 is 24.5 Å². The van der Waals surface area contributed by atoms with Gasteiger partial charge in [-0.25, -0.2) is 0 Å². The molecule has 0 atom stereocenters. The Hall–Kier alpha value is -2.45. The van der Waals surface area contributed by atoms with Crippen LogP contribution in [0.25, 0.3) is 0 Å². The third kappa shape index (κ3) is 7.66. The molecule has 0 spiro atoms. The highest BCUT2D eigenvalue weighted by molar-refractivity contribution is 6.35. The number of ether oxygens (including phenoxy) is 1. The lowest BCUT2D eigenvalue weighted by molar-refractivity contribution is -0.138. The van der Waals surface area contributed by atoms with Gasteiger partial charge in [0.25, 0.3) is 5.91 Å². The zero-order chi connectivity index (χ0) is 20.7. The van der Waals surface area contributed by atoms with Gasteiger partial charge in [-0.15, -0.1) is 0 Å². The Morgan fingerprint density at radius 3 is 2.29 bits per heavy atom. The lowest BCUT2D eigenvalue weighted by atomic mass is 10.1. The van der Waals surface area contributed by atoms with Crippen LogP contribution in [0.3, 0.4) is 0 Å². The van der Waals surface area contributed by atoms with Crippen LogP contribution in [0.1, 0.15) is 5.56 Å². The van der Waals surface area contributed by atoms with Crippen molar-refractivity contribution in [2.24, 2.45) is 0 Å². The first-order valence-corrected chi connectivity index (χ1v) is 8.68. The van der Waals surface area contributed by atoms with Gasteiger partial charge in [-0.3, -0.25) is 9.59 Å². The van der Waals surface area contributed by atoms with Crippen molar-refractivity contribution in [2.45, 2.75) is 12.6 Å². The number of carbonyl (C=O) groups excluding carboxylic acids is 2. The first-order valence-electron chi connectivity index (χ1n) is 7.92. The molecule has 2 N–H and O–H groups in total. The molecule has 28 heavy (non-hydrogen) atoms. The lowest BCUT2D eigenvalue weighted by Gasteiger charge is -2.10. The van der Waals surface area contributed by atoms with Crippen molar-refractivity contribution < 1.29 is 27.5 Å². The fourth-order valence-corrected chi connectivity index (χ4v) is 2.55. The molecule has 2 amide bonds. The number of halogens is 5. The molecule has 0 heterocycles. The van der Waals surface area contributed by atoms with Gasteiger partial charge >= 0.3 is 6.18 Å². The number of anilines is 1. The summed E-state index contributed by atoms with van der Waals surface area (Å²) >= 11 is 11.7. The summed E-state index contributed by atoms with van der Waals surface area (Å²) < 4.78 is 41.5. The zero-order valence-electron chi connectivity index (χ0n) is 14.3. The van der Waals surface area contributed by atoms with Gasteiger partial charge in [0.2, 0.25) is 5.91 Å². The molecule has 2 aromatic rings. The Morgan fingerprint density at radius 2 is 1.68 bits per heavy atom. The molecule has 0 aliphatic rings. The van der Waals surface area contributed by atoms with Crippen LogP contribution >= 0.6 is 23.2 Å². The zero-order valence-corrected chi connectivity index (χ0v) is 15.8. The molecule has 0 aromatic heterocycles. The Kier molecular flexibility index (Phi) is 7.53. The van der Waals surface area contributed by atoms with Gasteiger partial charge in [0.1, 0.15) is 12.3 Å². The van der Waals surface area contributed by atoms with Crippen molar-refractivity contribution in [3.63, 3.8) is 0 Å². The minimum Gasteiger partial charge on any atom is -0.482 e. The van der Waals surface area contributed by atoms with Crippen molar-refractivity contribution >= 4 is 40.7 Å². The monoisotopic (exact) mass is 434 g/mol. The SMILES string of the molecule is O=C(Cc1ccc(NC(=O)COc2ccc(Cl)cc2Cl)cc1)NCC(F)(F)F. The summed E-state index contributed by atoms with van der Waals surface area (Å²) in [5.41, 5.74) is 0.942. The predicted molar refractivity (Wildman–Crippen MR) is 99.8 cm³/mol. The molecule has 0 aliphatic carbocycles. The molecule has 2 aromatic carbocycles. The number of alkyl halides is 3. The Bertz CT molecular complexity index is 843. The van der Waals surface area contributed by atoms with Gasteiger partial charge in [-0.05, 0) is 35.9 Å². The molecule has 0 saturated heterocycles. The van der Waals surface area contributed by atoms with Crippen LogP contribution in [0.2, 0.25) is 10.0 Å². The van der Waals surface area contributed by atoms with Crippen molar-refractivity contribution in [2.75, 3.05) is 18.5 Å². The van der Waals surface area contributed by atoms with Crippen LogP contribution < -0.4 is 15.4 Å². The van der Waals surface area contributed by atoms with Gasteiger partial charge in [0.05, 0.1) is 11.4 Å². The van der Waals surface area contributed by atoms with E-state index in [0.717, 1.165) is 0 Å². The van der Waals surface area contributed by atoms with Crippen LogP contribution in [0.5, 0.6) is 5.75 Å². The van der Waals surface area contributed by atoms with Gasteiger partial charge in [0.15, 0.2) is 6.61 Å². The third-order valence-electron chi connectivity index (χ3n) is 3.34. The van der Waals surface area contributed by atoms with Crippen LogP contribution in [-0.2, 0) is 16.0 Å². The summed E-state index contributed by atoms with van der Waals surface area (Å²) in [5.74, 6) is -0.884. The number of amides is 2. The van der Waals surface area contributed by atoms with E-state index in [9.17, 15) is 22.8 Å². The number of benzene rings is 2. The summed E-state index contributed by atoms with van der Waals surface area (Å²) in [6, 6.07) is 10.7. The molecule has 0 fully saturated rings. The number of nitrogens with one attached hydrogen (secondary N) is 2. The Balaban J connectivity index is 1.81.